The Hall–Kier alpha value is -0.850. The predicted molar refractivity (Wildman–Crippen MR) is 38.9 cm³/mol. The Balaban J connectivity index is 3.17. The molecule has 3 heteroatoms. The van der Waals surface area contributed by atoms with Gasteiger partial charge in [0.25, 0.3) is 0 Å². The maximum absolute atomic E-state index is 8.83. The lowest BCUT2D eigenvalue weighted by molar-refractivity contribution is 0.476. The molecule has 0 spiro atoms. The van der Waals surface area contributed by atoms with E-state index in [0.29, 0.717) is 10.9 Å². The second-order valence-corrected chi connectivity index (χ2v) is 1.86. The highest BCUT2D eigenvalue weighted by Crippen LogP contribution is 1.99. The van der Waals surface area contributed by atoms with Crippen LogP contribution in [0.2, 0.25) is 0 Å². The van der Waals surface area contributed by atoms with Crippen molar-refractivity contribution in [2.75, 3.05) is 0 Å². The molecule has 1 aromatic carbocycles. The molecule has 0 saturated heterocycles. The summed E-state index contributed by atoms with van der Waals surface area (Å²) in [4.78, 5) is 0. The van der Waals surface area contributed by atoms with Crippen molar-refractivity contribution in [1.82, 2.24) is 0 Å². The molecule has 1 aromatic rings. The Morgan fingerprint density at radius 1 is 1.00 bits per heavy atom. The molecule has 0 heterocycles. The van der Waals surface area contributed by atoms with Crippen LogP contribution < -0.4 is 10.9 Å². The van der Waals surface area contributed by atoms with E-state index in [2.05, 4.69) is 0 Å². The van der Waals surface area contributed by atoms with Crippen LogP contribution in [0.25, 0.3) is 0 Å². The number of phenolic OH excluding ortho intramolecular Hbond substituents is 1. The summed E-state index contributed by atoms with van der Waals surface area (Å²) in [7, 11) is 10.6. The van der Waals surface area contributed by atoms with Gasteiger partial charge in [0.15, 0.2) is 0 Å². The van der Waals surface area contributed by atoms with Crippen LogP contribution in [0.1, 0.15) is 0 Å². The van der Waals surface area contributed by atoms with E-state index in [1.807, 2.05) is 0 Å². The number of phenols is 1. The van der Waals surface area contributed by atoms with Gasteiger partial charge in [0.1, 0.15) is 21.4 Å². The second kappa shape index (κ2) is 2.18. The Bertz CT molecular complexity index is 172. The van der Waals surface area contributed by atoms with Gasteiger partial charge in [-0.05, 0) is 12.1 Å². The van der Waals surface area contributed by atoms with Gasteiger partial charge in [-0.3, -0.25) is 0 Å². The minimum atomic E-state index is 0.104. The first-order chi connectivity index (χ1) is 4.18. The van der Waals surface area contributed by atoms with E-state index in [-0.39, 0.29) is 5.75 Å². The predicted octanol–water partition coefficient (Wildman–Crippen LogP) is -1.02. The fourth-order valence-electron chi connectivity index (χ4n) is 0.659. The summed E-state index contributed by atoms with van der Waals surface area (Å²) in [5.74, 6) is 0.104. The van der Waals surface area contributed by atoms with E-state index >= 15 is 0 Å². The molecule has 40 valence electrons. The monoisotopic (exact) mass is 114 g/mol. The highest BCUT2D eigenvalue weighted by atomic mass is 16.3. The highest BCUT2D eigenvalue weighted by Gasteiger charge is 1.89. The molecule has 0 bridgehead atoms. The number of aromatic hydroxyl groups is 1. The molecule has 0 amide bonds. The van der Waals surface area contributed by atoms with Gasteiger partial charge in [-0.2, -0.15) is 0 Å². The minimum absolute atomic E-state index is 0.104. The summed E-state index contributed by atoms with van der Waals surface area (Å²) in [5.41, 5.74) is 0.958. The zero-order valence-electron chi connectivity index (χ0n) is 4.83. The molecule has 1 N–H and O–H groups in total. The normalized spacial score (nSPS) is 9.33. The summed E-state index contributed by atoms with van der Waals surface area (Å²) in [6.07, 6.45) is 0. The Morgan fingerprint density at radius 2 is 1.44 bits per heavy atom. The van der Waals surface area contributed by atoms with Crippen LogP contribution in [-0.4, -0.2) is 20.8 Å². The third-order valence-electron chi connectivity index (χ3n) is 0.962. The van der Waals surface area contributed by atoms with Crippen LogP contribution in [0.5, 0.6) is 5.75 Å². The summed E-state index contributed by atoms with van der Waals surface area (Å²) >= 11 is 0. The fourth-order valence-corrected chi connectivity index (χ4v) is 0.659. The minimum Gasteiger partial charge on any atom is -0.508 e. The second-order valence-electron chi connectivity index (χ2n) is 1.86. The lowest BCUT2D eigenvalue weighted by Gasteiger charge is -1.96. The van der Waals surface area contributed by atoms with Crippen molar-refractivity contribution in [3.05, 3.63) is 18.2 Å². The maximum atomic E-state index is 8.83. The number of rotatable bonds is 0. The lowest BCUT2D eigenvalue weighted by Crippen LogP contribution is -2.11. The molecule has 1 rings (SSSR count). The molecule has 4 radical (unpaired) electrons. The van der Waals surface area contributed by atoms with E-state index in [0.717, 1.165) is 0 Å². The van der Waals surface area contributed by atoms with Crippen LogP contribution in [0.4, 0.5) is 0 Å². The van der Waals surface area contributed by atoms with Crippen molar-refractivity contribution in [3.63, 3.8) is 0 Å². The molecule has 0 aliphatic rings. The molecule has 0 fully saturated rings. The number of hydrogen-bond acceptors (Lipinski definition) is 1. The molecule has 0 aromatic heterocycles. The molecule has 0 atom stereocenters. The van der Waals surface area contributed by atoms with Gasteiger partial charge in [0, 0.05) is 0 Å². The van der Waals surface area contributed by atoms with Crippen molar-refractivity contribution in [3.8, 4) is 5.75 Å². The molecular formula is C6H4B2O. The van der Waals surface area contributed by atoms with Gasteiger partial charge in [-0.25, -0.2) is 0 Å². The molecule has 0 aliphatic heterocycles. The topological polar surface area (TPSA) is 20.2 Å². The first-order valence-corrected chi connectivity index (χ1v) is 2.53. The van der Waals surface area contributed by atoms with E-state index in [9.17, 15) is 0 Å². The summed E-state index contributed by atoms with van der Waals surface area (Å²) in [6.45, 7) is 0. The molecule has 0 aliphatic carbocycles. The standard InChI is InChI=1S/C6H4B2O/c7-4-1-5(8)3-6(9)2-4/h1-3,9H. The van der Waals surface area contributed by atoms with Crippen molar-refractivity contribution in [1.29, 1.82) is 0 Å². The maximum Gasteiger partial charge on any atom is 0.114 e. The van der Waals surface area contributed by atoms with Crippen LogP contribution in [-0.2, 0) is 0 Å². The van der Waals surface area contributed by atoms with E-state index in [1.165, 1.54) is 12.1 Å². The third-order valence-corrected chi connectivity index (χ3v) is 0.962. The molecule has 9 heavy (non-hydrogen) atoms. The Kier molecular flexibility index (Phi) is 1.52. The Morgan fingerprint density at radius 3 is 1.78 bits per heavy atom. The van der Waals surface area contributed by atoms with Gasteiger partial charge in [0.2, 0.25) is 0 Å². The third kappa shape index (κ3) is 1.53. The van der Waals surface area contributed by atoms with Crippen LogP contribution in [0, 0.1) is 0 Å². The zero-order chi connectivity index (χ0) is 6.85. The SMILES string of the molecule is [B]c1cc([B])cc(O)c1. The average molecular weight is 114 g/mol. The van der Waals surface area contributed by atoms with E-state index < -0.39 is 0 Å². The van der Waals surface area contributed by atoms with Gasteiger partial charge in [-0.1, -0.05) is 17.0 Å². The van der Waals surface area contributed by atoms with E-state index in [4.69, 9.17) is 20.8 Å². The van der Waals surface area contributed by atoms with E-state index in [1.54, 1.807) is 6.07 Å². The highest BCUT2D eigenvalue weighted by molar-refractivity contribution is 6.38. The molecular weight excluding hydrogens is 110 g/mol. The van der Waals surface area contributed by atoms with Gasteiger partial charge in [-0.15, -0.1) is 0 Å². The number of benzene rings is 1. The zero-order valence-corrected chi connectivity index (χ0v) is 4.83. The van der Waals surface area contributed by atoms with Crippen molar-refractivity contribution >= 4 is 26.6 Å². The molecule has 0 saturated carbocycles. The average Bonchev–Trinajstić information content (AvgIpc) is 1.59. The van der Waals surface area contributed by atoms with Gasteiger partial charge < -0.3 is 5.11 Å². The Labute approximate surface area is 56.5 Å². The summed E-state index contributed by atoms with van der Waals surface area (Å²) in [5, 5.41) is 8.83. The van der Waals surface area contributed by atoms with Gasteiger partial charge >= 0.3 is 0 Å². The first-order valence-electron chi connectivity index (χ1n) is 2.53. The molecule has 1 nitrogen and oxygen atoms in total. The van der Waals surface area contributed by atoms with Crippen LogP contribution >= 0.6 is 0 Å². The van der Waals surface area contributed by atoms with Crippen molar-refractivity contribution < 1.29 is 5.11 Å². The van der Waals surface area contributed by atoms with Gasteiger partial charge in [0.05, 0.1) is 0 Å². The summed E-state index contributed by atoms with van der Waals surface area (Å²) < 4.78 is 0. The first kappa shape index (κ1) is 6.27. The van der Waals surface area contributed by atoms with Crippen molar-refractivity contribution in [2.24, 2.45) is 0 Å². The van der Waals surface area contributed by atoms with Crippen LogP contribution in [0.3, 0.4) is 0 Å². The van der Waals surface area contributed by atoms with Crippen LogP contribution in [0.15, 0.2) is 18.2 Å². The smallest absolute Gasteiger partial charge is 0.114 e. The quantitative estimate of drug-likeness (QED) is 0.428. The number of hydrogen-bond donors (Lipinski definition) is 1. The lowest BCUT2D eigenvalue weighted by atomic mass is 9.87. The molecule has 0 unspecified atom stereocenters. The fraction of sp³-hybridized carbons (Fsp3) is 0. The summed E-state index contributed by atoms with van der Waals surface area (Å²) in [6, 6.07) is 4.46. The van der Waals surface area contributed by atoms with Crippen molar-refractivity contribution in [2.45, 2.75) is 0 Å². The largest absolute Gasteiger partial charge is 0.508 e.